The van der Waals surface area contributed by atoms with Crippen molar-refractivity contribution in [1.29, 1.82) is 0 Å². The Hall–Kier alpha value is -1.33. The largest absolute Gasteiger partial charge is 0.330 e. The number of hydrogen-bond donors (Lipinski definition) is 2. The molecule has 1 aromatic heterocycles. The molecule has 0 saturated heterocycles. The van der Waals surface area contributed by atoms with Gasteiger partial charge in [-0.2, -0.15) is 0 Å². The molecule has 0 amide bonds. The van der Waals surface area contributed by atoms with Crippen molar-refractivity contribution in [1.82, 2.24) is 9.78 Å². The summed E-state index contributed by atoms with van der Waals surface area (Å²) in [5.74, 6) is 0. The highest BCUT2D eigenvalue weighted by molar-refractivity contribution is 9.10. The highest BCUT2D eigenvalue weighted by Crippen LogP contribution is 2.16. The molecule has 1 aromatic carbocycles. The second-order valence-electron chi connectivity index (χ2n) is 3.86. The number of halogens is 1. The number of aromatic amines is 1. The van der Waals surface area contributed by atoms with Gasteiger partial charge < -0.3 is 5.73 Å². The molecule has 90 valence electrons. The van der Waals surface area contributed by atoms with E-state index < -0.39 is 0 Å². The molecule has 0 spiro atoms. The normalized spacial score (nSPS) is 10.8. The van der Waals surface area contributed by atoms with Gasteiger partial charge in [0.25, 0.3) is 5.56 Å². The quantitative estimate of drug-likeness (QED) is 0.906. The van der Waals surface area contributed by atoms with Crippen LogP contribution in [0.4, 0.5) is 0 Å². The number of nitrogens with zero attached hydrogens (tertiary/aromatic N) is 1. The van der Waals surface area contributed by atoms with Gasteiger partial charge in [-0.15, -0.1) is 0 Å². The zero-order chi connectivity index (χ0) is 12.4. The molecule has 0 saturated carbocycles. The zero-order valence-electron chi connectivity index (χ0n) is 9.53. The minimum absolute atomic E-state index is 0.0621. The standard InChI is InChI=1S/C12H14BrN3O/c1-8-11(5-6-14)12(17)15-16(8)10-4-2-3-9(13)7-10/h2-4,7H,5-6,14H2,1H3,(H,15,17). The van der Waals surface area contributed by atoms with Gasteiger partial charge in [0.15, 0.2) is 0 Å². The second kappa shape index (κ2) is 4.89. The molecule has 4 nitrogen and oxygen atoms in total. The molecule has 0 aliphatic rings. The van der Waals surface area contributed by atoms with Gasteiger partial charge in [-0.1, -0.05) is 22.0 Å². The molecule has 5 heteroatoms. The van der Waals surface area contributed by atoms with E-state index in [0.717, 1.165) is 21.4 Å². The predicted octanol–water partition coefficient (Wildman–Crippen LogP) is 1.74. The number of rotatable bonds is 3. The molecule has 0 fully saturated rings. The summed E-state index contributed by atoms with van der Waals surface area (Å²) in [5.41, 5.74) is 8.04. The lowest BCUT2D eigenvalue weighted by atomic mass is 10.2. The van der Waals surface area contributed by atoms with Crippen LogP contribution in [-0.2, 0) is 6.42 Å². The summed E-state index contributed by atoms with van der Waals surface area (Å²) in [6.45, 7) is 2.40. The first-order valence-electron chi connectivity index (χ1n) is 5.40. The van der Waals surface area contributed by atoms with Gasteiger partial charge in [-0.25, -0.2) is 0 Å². The molecular weight excluding hydrogens is 282 g/mol. The van der Waals surface area contributed by atoms with Gasteiger partial charge in [-0.3, -0.25) is 14.6 Å². The lowest BCUT2D eigenvalue weighted by Crippen LogP contribution is -2.12. The Balaban J connectivity index is 2.54. The van der Waals surface area contributed by atoms with Crippen LogP contribution in [0.5, 0.6) is 0 Å². The van der Waals surface area contributed by atoms with E-state index >= 15 is 0 Å². The van der Waals surface area contributed by atoms with Crippen LogP contribution in [0.15, 0.2) is 33.5 Å². The molecule has 2 aromatic rings. The van der Waals surface area contributed by atoms with Crippen molar-refractivity contribution >= 4 is 15.9 Å². The van der Waals surface area contributed by atoms with E-state index in [1.54, 1.807) is 4.68 Å². The summed E-state index contributed by atoms with van der Waals surface area (Å²) in [7, 11) is 0. The van der Waals surface area contributed by atoms with Crippen LogP contribution in [0.3, 0.4) is 0 Å². The summed E-state index contributed by atoms with van der Waals surface area (Å²) in [4.78, 5) is 11.8. The summed E-state index contributed by atoms with van der Waals surface area (Å²) in [6.07, 6.45) is 0.599. The molecule has 0 unspecified atom stereocenters. The van der Waals surface area contributed by atoms with Crippen molar-refractivity contribution in [2.45, 2.75) is 13.3 Å². The molecule has 0 bridgehead atoms. The number of benzene rings is 1. The summed E-state index contributed by atoms with van der Waals surface area (Å²) < 4.78 is 2.77. The van der Waals surface area contributed by atoms with Gasteiger partial charge in [0, 0.05) is 15.7 Å². The lowest BCUT2D eigenvalue weighted by molar-refractivity contribution is 0.832. The number of nitrogens with two attached hydrogens (primary N) is 1. The fourth-order valence-electron chi connectivity index (χ4n) is 1.86. The number of H-pyrrole nitrogens is 1. The zero-order valence-corrected chi connectivity index (χ0v) is 11.1. The fraction of sp³-hybridized carbons (Fsp3) is 0.250. The third kappa shape index (κ3) is 2.35. The van der Waals surface area contributed by atoms with E-state index in [-0.39, 0.29) is 5.56 Å². The van der Waals surface area contributed by atoms with Crippen molar-refractivity contribution in [2.75, 3.05) is 6.54 Å². The van der Waals surface area contributed by atoms with Crippen LogP contribution >= 0.6 is 15.9 Å². The molecule has 0 aliphatic heterocycles. The first-order valence-corrected chi connectivity index (χ1v) is 6.19. The van der Waals surface area contributed by atoms with E-state index in [2.05, 4.69) is 21.0 Å². The van der Waals surface area contributed by atoms with Crippen LogP contribution < -0.4 is 11.3 Å². The predicted molar refractivity (Wildman–Crippen MR) is 71.6 cm³/mol. The van der Waals surface area contributed by atoms with Crippen LogP contribution in [-0.4, -0.2) is 16.3 Å². The average Bonchev–Trinajstić information content (AvgIpc) is 2.57. The Morgan fingerprint density at radius 3 is 2.88 bits per heavy atom. The third-order valence-corrected chi connectivity index (χ3v) is 3.21. The molecule has 17 heavy (non-hydrogen) atoms. The van der Waals surface area contributed by atoms with E-state index in [1.807, 2.05) is 31.2 Å². The number of aromatic nitrogens is 2. The summed E-state index contributed by atoms with van der Waals surface area (Å²) in [6, 6.07) is 7.77. The first-order chi connectivity index (χ1) is 8.13. The van der Waals surface area contributed by atoms with E-state index in [9.17, 15) is 4.79 Å². The van der Waals surface area contributed by atoms with Crippen LogP contribution in [0, 0.1) is 6.92 Å². The third-order valence-electron chi connectivity index (χ3n) is 2.72. The van der Waals surface area contributed by atoms with Gasteiger partial charge in [0.05, 0.1) is 5.69 Å². The maximum Gasteiger partial charge on any atom is 0.267 e. The first kappa shape index (κ1) is 12.1. The fourth-order valence-corrected chi connectivity index (χ4v) is 2.25. The Labute approximate surface area is 108 Å². The van der Waals surface area contributed by atoms with E-state index in [0.29, 0.717) is 13.0 Å². The van der Waals surface area contributed by atoms with Gasteiger partial charge in [-0.05, 0) is 38.1 Å². The summed E-state index contributed by atoms with van der Waals surface area (Å²) in [5, 5.41) is 2.83. The molecule has 0 radical (unpaired) electrons. The van der Waals surface area contributed by atoms with Crippen LogP contribution in [0.2, 0.25) is 0 Å². The van der Waals surface area contributed by atoms with Crippen molar-refractivity contribution in [3.63, 3.8) is 0 Å². The molecule has 1 heterocycles. The Bertz CT molecular complexity index is 586. The maximum absolute atomic E-state index is 11.8. The van der Waals surface area contributed by atoms with Crippen LogP contribution in [0.25, 0.3) is 5.69 Å². The smallest absolute Gasteiger partial charge is 0.267 e. The SMILES string of the molecule is Cc1c(CCN)c(=O)[nH]n1-c1cccc(Br)c1. The van der Waals surface area contributed by atoms with Gasteiger partial charge in [0.2, 0.25) is 0 Å². The van der Waals surface area contributed by atoms with Crippen molar-refractivity contribution in [3.8, 4) is 5.69 Å². The van der Waals surface area contributed by atoms with Gasteiger partial charge >= 0.3 is 0 Å². The molecule has 2 rings (SSSR count). The summed E-state index contributed by atoms with van der Waals surface area (Å²) >= 11 is 3.41. The van der Waals surface area contributed by atoms with E-state index in [4.69, 9.17) is 5.73 Å². The highest BCUT2D eigenvalue weighted by atomic mass is 79.9. The monoisotopic (exact) mass is 295 g/mol. The molecule has 0 atom stereocenters. The van der Waals surface area contributed by atoms with Crippen molar-refractivity contribution < 1.29 is 0 Å². The second-order valence-corrected chi connectivity index (χ2v) is 4.77. The Kier molecular flexibility index (Phi) is 3.49. The Morgan fingerprint density at radius 2 is 2.24 bits per heavy atom. The molecule has 0 aliphatic carbocycles. The van der Waals surface area contributed by atoms with Crippen molar-refractivity contribution in [2.24, 2.45) is 5.73 Å². The molecular formula is C12H14BrN3O. The van der Waals surface area contributed by atoms with Crippen molar-refractivity contribution in [3.05, 3.63) is 50.3 Å². The topological polar surface area (TPSA) is 63.8 Å². The minimum atomic E-state index is -0.0621. The Morgan fingerprint density at radius 1 is 1.47 bits per heavy atom. The number of hydrogen-bond acceptors (Lipinski definition) is 2. The lowest BCUT2D eigenvalue weighted by Gasteiger charge is -2.06. The average molecular weight is 296 g/mol. The van der Waals surface area contributed by atoms with E-state index in [1.165, 1.54) is 0 Å². The highest BCUT2D eigenvalue weighted by Gasteiger charge is 2.11. The maximum atomic E-state index is 11.8. The van der Waals surface area contributed by atoms with Gasteiger partial charge in [0.1, 0.15) is 0 Å². The molecule has 3 N–H and O–H groups in total. The minimum Gasteiger partial charge on any atom is -0.330 e. The number of nitrogens with one attached hydrogen (secondary N) is 1. The van der Waals surface area contributed by atoms with Crippen LogP contribution in [0.1, 0.15) is 11.3 Å².